The number of halogens is 3. The van der Waals surface area contributed by atoms with Gasteiger partial charge in [-0.3, -0.25) is 4.98 Å². The highest BCUT2D eigenvalue weighted by Crippen LogP contribution is 2.36. The molecule has 18 heavy (non-hydrogen) atoms. The van der Waals surface area contributed by atoms with E-state index < -0.39 is 11.7 Å². The summed E-state index contributed by atoms with van der Waals surface area (Å²) in [6.45, 7) is 1.81. The van der Waals surface area contributed by atoms with E-state index in [2.05, 4.69) is 10.3 Å². The van der Waals surface area contributed by atoms with Gasteiger partial charge in [0.05, 0.1) is 17.1 Å². The van der Waals surface area contributed by atoms with Gasteiger partial charge in [0.1, 0.15) is 0 Å². The first-order valence-corrected chi connectivity index (χ1v) is 6.17. The van der Waals surface area contributed by atoms with E-state index in [1.165, 1.54) is 23.5 Å². The number of rotatable bonds is 3. The molecule has 0 aliphatic heterocycles. The third kappa shape index (κ3) is 2.81. The predicted octanol–water partition coefficient (Wildman–Crippen LogP) is 4.34. The molecule has 0 bridgehead atoms. The lowest BCUT2D eigenvalue weighted by molar-refractivity contribution is -0.137. The lowest BCUT2D eigenvalue weighted by atomic mass is 10.1. The zero-order valence-corrected chi connectivity index (χ0v) is 10.3. The van der Waals surface area contributed by atoms with Gasteiger partial charge in [-0.2, -0.15) is 13.2 Å². The molecule has 0 fully saturated rings. The van der Waals surface area contributed by atoms with Crippen LogP contribution in [-0.2, 0) is 6.18 Å². The van der Waals surface area contributed by atoms with Crippen molar-refractivity contribution in [2.75, 3.05) is 5.32 Å². The van der Waals surface area contributed by atoms with E-state index in [1.807, 2.05) is 0 Å². The summed E-state index contributed by atoms with van der Waals surface area (Å²) in [6.07, 6.45) is -2.70. The van der Waals surface area contributed by atoms with Crippen molar-refractivity contribution in [2.45, 2.75) is 19.1 Å². The quantitative estimate of drug-likeness (QED) is 0.899. The zero-order valence-electron chi connectivity index (χ0n) is 9.53. The predicted molar refractivity (Wildman–Crippen MR) is 65.6 cm³/mol. The first-order valence-electron chi connectivity index (χ1n) is 5.29. The topological polar surface area (TPSA) is 24.9 Å². The van der Waals surface area contributed by atoms with Crippen molar-refractivity contribution in [3.63, 3.8) is 0 Å². The Balaban J connectivity index is 2.24. The van der Waals surface area contributed by atoms with Crippen molar-refractivity contribution in [1.82, 2.24) is 4.98 Å². The van der Waals surface area contributed by atoms with Gasteiger partial charge in [-0.15, -0.1) is 11.3 Å². The van der Waals surface area contributed by atoms with Crippen LogP contribution >= 0.6 is 11.3 Å². The number of thiazole rings is 1. The van der Waals surface area contributed by atoms with Gasteiger partial charge in [0.25, 0.3) is 0 Å². The first kappa shape index (κ1) is 12.9. The fourth-order valence-electron chi connectivity index (χ4n) is 1.60. The molecule has 6 heteroatoms. The van der Waals surface area contributed by atoms with Crippen LogP contribution in [0.5, 0.6) is 0 Å². The average molecular weight is 272 g/mol. The highest BCUT2D eigenvalue weighted by Gasteiger charge is 2.33. The first-order chi connectivity index (χ1) is 8.48. The molecule has 2 aromatic rings. The molecule has 1 atom stereocenters. The van der Waals surface area contributed by atoms with Gasteiger partial charge in [-0.05, 0) is 19.1 Å². The molecule has 0 radical (unpaired) electrons. The molecular weight excluding hydrogens is 261 g/mol. The Bertz CT molecular complexity index is 508. The molecular formula is C12H11F3N2S. The Labute approximate surface area is 106 Å². The second-order valence-corrected chi connectivity index (χ2v) is 4.73. The third-order valence-electron chi connectivity index (χ3n) is 2.48. The van der Waals surface area contributed by atoms with Crippen molar-refractivity contribution in [3.8, 4) is 0 Å². The highest BCUT2D eigenvalue weighted by molar-refractivity contribution is 7.09. The number of alkyl halides is 3. The molecule has 0 aliphatic rings. The Kier molecular flexibility index (Phi) is 3.56. The molecule has 0 aliphatic carbocycles. The average Bonchev–Trinajstić information content (AvgIpc) is 2.81. The third-order valence-corrected chi connectivity index (χ3v) is 3.44. The molecule has 1 aromatic heterocycles. The van der Waals surface area contributed by atoms with Gasteiger partial charge in [0.2, 0.25) is 0 Å². The van der Waals surface area contributed by atoms with Crippen LogP contribution in [0.25, 0.3) is 0 Å². The fourth-order valence-corrected chi connectivity index (χ4v) is 2.23. The van der Waals surface area contributed by atoms with Crippen LogP contribution in [0.3, 0.4) is 0 Å². The number of nitrogens with zero attached hydrogens (tertiary/aromatic N) is 1. The van der Waals surface area contributed by atoms with Crippen LogP contribution in [0.4, 0.5) is 18.9 Å². The molecule has 1 aromatic carbocycles. The number of para-hydroxylation sites is 1. The molecule has 1 N–H and O–H groups in total. The van der Waals surface area contributed by atoms with Gasteiger partial charge >= 0.3 is 6.18 Å². The summed E-state index contributed by atoms with van der Waals surface area (Å²) in [4.78, 5) is 4.81. The number of hydrogen-bond donors (Lipinski definition) is 1. The zero-order chi connectivity index (χ0) is 13.2. The molecule has 0 saturated heterocycles. The Morgan fingerprint density at radius 2 is 2.00 bits per heavy atom. The van der Waals surface area contributed by atoms with E-state index in [0.717, 1.165) is 10.9 Å². The molecule has 0 spiro atoms. The number of benzene rings is 1. The number of aromatic nitrogens is 1. The minimum atomic E-state index is -4.35. The minimum absolute atomic E-state index is 0.0888. The van der Waals surface area contributed by atoms with Gasteiger partial charge in [-0.25, -0.2) is 0 Å². The van der Waals surface area contributed by atoms with Gasteiger partial charge in [0, 0.05) is 16.8 Å². The molecule has 1 unspecified atom stereocenters. The van der Waals surface area contributed by atoms with Gasteiger partial charge < -0.3 is 5.32 Å². The molecule has 1 heterocycles. The van der Waals surface area contributed by atoms with Crippen molar-refractivity contribution in [2.24, 2.45) is 0 Å². The normalized spacial score (nSPS) is 13.3. The van der Waals surface area contributed by atoms with Crippen molar-refractivity contribution in [3.05, 3.63) is 46.4 Å². The summed E-state index contributed by atoms with van der Waals surface area (Å²) in [5.41, 5.74) is 1.09. The van der Waals surface area contributed by atoms with E-state index in [0.29, 0.717) is 0 Å². The molecule has 96 valence electrons. The van der Waals surface area contributed by atoms with Crippen molar-refractivity contribution in [1.29, 1.82) is 0 Å². The van der Waals surface area contributed by atoms with E-state index in [-0.39, 0.29) is 11.7 Å². The SMILES string of the molecule is CC(Nc1ccccc1C(F)(F)F)c1cncs1. The summed E-state index contributed by atoms with van der Waals surface area (Å²) >= 11 is 1.41. The number of hydrogen-bond acceptors (Lipinski definition) is 3. The summed E-state index contributed by atoms with van der Waals surface area (Å²) in [5, 5.41) is 2.87. The Morgan fingerprint density at radius 3 is 2.61 bits per heavy atom. The summed E-state index contributed by atoms with van der Waals surface area (Å²) in [5.74, 6) is 0. The van der Waals surface area contributed by atoms with E-state index in [1.54, 1.807) is 24.7 Å². The molecule has 2 rings (SSSR count). The monoisotopic (exact) mass is 272 g/mol. The van der Waals surface area contributed by atoms with Crippen LogP contribution < -0.4 is 5.32 Å². The van der Waals surface area contributed by atoms with E-state index in [4.69, 9.17) is 0 Å². The van der Waals surface area contributed by atoms with E-state index >= 15 is 0 Å². The maximum atomic E-state index is 12.8. The largest absolute Gasteiger partial charge is 0.418 e. The maximum absolute atomic E-state index is 12.8. The fraction of sp³-hybridized carbons (Fsp3) is 0.250. The summed E-state index contributed by atoms with van der Waals surface area (Å²) in [6, 6.07) is 5.26. The Morgan fingerprint density at radius 1 is 1.28 bits per heavy atom. The van der Waals surface area contributed by atoms with Gasteiger partial charge in [-0.1, -0.05) is 12.1 Å². The molecule has 2 nitrogen and oxygen atoms in total. The van der Waals surface area contributed by atoms with Crippen molar-refractivity contribution < 1.29 is 13.2 Å². The molecule has 0 amide bonds. The van der Waals surface area contributed by atoms with Gasteiger partial charge in [0.15, 0.2) is 0 Å². The maximum Gasteiger partial charge on any atom is 0.418 e. The van der Waals surface area contributed by atoms with Crippen LogP contribution in [0.2, 0.25) is 0 Å². The Hall–Kier alpha value is -1.56. The second kappa shape index (κ2) is 4.97. The summed E-state index contributed by atoms with van der Waals surface area (Å²) in [7, 11) is 0. The smallest absolute Gasteiger partial charge is 0.377 e. The lowest BCUT2D eigenvalue weighted by Gasteiger charge is -2.18. The standard InChI is InChI=1S/C12H11F3N2S/c1-8(11-6-16-7-18-11)17-10-5-3-2-4-9(10)12(13,14)15/h2-8,17H,1H3. The second-order valence-electron chi connectivity index (χ2n) is 3.81. The highest BCUT2D eigenvalue weighted by atomic mass is 32.1. The number of anilines is 1. The van der Waals surface area contributed by atoms with Crippen LogP contribution in [0.1, 0.15) is 23.4 Å². The minimum Gasteiger partial charge on any atom is -0.377 e. The van der Waals surface area contributed by atoms with Crippen LogP contribution in [-0.4, -0.2) is 4.98 Å². The van der Waals surface area contributed by atoms with E-state index in [9.17, 15) is 13.2 Å². The van der Waals surface area contributed by atoms with Crippen LogP contribution in [0, 0.1) is 0 Å². The molecule has 0 saturated carbocycles. The van der Waals surface area contributed by atoms with Crippen molar-refractivity contribution >= 4 is 17.0 Å². The van der Waals surface area contributed by atoms with Crippen LogP contribution in [0.15, 0.2) is 36.0 Å². The summed E-state index contributed by atoms with van der Waals surface area (Å²) < 4.78 is 38.4. The number of nitrogens with one attached hydrogen (secondary N) is 1. The lowest BCUT2D eigenvalue weighted by Crippen LogP contribution is -2.12.